The largest absolute Gasteiger partial charge is 0.460 e. The van der Waals surface area contributed by atoms with Crippen LogP contribution in [0.1, 0.15) is 61.6 Å². The summed E-state index contributed by atoms with van der Waals surface area (Å²) >= 11 is 0. The first-order valence-corrected chi connectivity index (χ1v) is 9.29. The summed E-state index contributed by atoms with van der Waals surface area (Å²) in [6.07, 6.45) is 6.98. The Bertz CT molecular complexity index is 752. The minimum absolute atomic E-state index is 0.139. The van der Waals surface area contributed by atoms with Crippen molar-refractivity contribution in [1.82, 2.24) is 10.9 Å². The molecule has 0 aromatic carbocycles. The van der Waals surface area contributed by atoms with Crippen molar-refractivity contribution < 1.29 is 18.4 Å². The molecule has 0 saturated heterocycles. The fourth-order valence-electron chi connectivity index (χ4n) is 2.42. The van der Waals surface area contributed by atoms with Crippen LogP contribution >= 0.6 is 0 Å². The maximum atomic E-state index is 11.7. The summed E-state index contributed by atoms with van der Waals surface area (Å²) in [7, 11) is 0. The van der Waals surface area contributed by atoms with E-state index >= 15 is 0 Å². The van der Waals surface area contributed by atoms with Crippen molar-refractivity contribution in [3.05, 3.63) is 47.3 Å². The Kier molecular flexibility index (Phi) is 8.71. The normalized spacial score (nSPS) is 11.4. The predicted octanol–water partition coefficient (Wildman–Crippen LogP) is 3.43. The number of hydrogen-bond acceptors (Lipinski definition) is 6. The Labute approximate surface area is 164 Å². The van der Waals surface area contributed by atoms with Gasteiger partial charge in [-0.3, -0.25) is 9.59 Å². The Morgan fingerprint density at radius 2 is 1.21 bits per heavy atom. The molecule has 28 heavy (non-hydrogen) atoms. The lowest BCUT2D eigenvalue weighted by molar-refractivity contribution is -0.122. The number of carbonyl (C=O) groups excluding carboxylic acids is 2. The van der Waals surface area contributed by atoms with E-state index in [0.717, 1.165) is 37.2 Å². The molecule has 2 heterocycles. The summed E-state index contributed by atoms with van der Waals surface area (Å²) in [4.78, 5) is 23.3. The molecule has 8 heteroatoms. The Balaban J connectivity index is 1.47. The minimum atomic E-state index is -0.139. The van der Waals surface area contributed by atoms with Gasteiger partial charge in [-0.1, -0.05) is 12.8 Å². The molecule has 0 atom stereocenters. The van der Waals surface area contributed by atoms with E-state index in [1.54, 1.807) is 12.1 Å². The second kappa shape index (κ2) is 11.5. The number of carbonyl (C=O) groups is 2. The zero-order valence-electron chi connectivity index (χ0n) is 16.2. The lowest BCUT2D eigenvalue weighted by Gasteiger charge is -2.01. The van der Waals surface area contributed by atoms with Crippen molar-refractivity contribution in [3.8, 4) is 0 Å². The standard InChI is InChI=1S/C20H26N4O4/c1-15-9-11-17(27-15)13-21-23-19(25)7-5-3-4-6-8-20(26)24-22-14-18-12-10-16(2)28-18/h9-14H,3-8H2,1-2H3,(H,23,25)(H,24,26)/b21-13+,22-14+. The van der Waals surface area contributed by atoms with Crippen LogP contribution in [0.4, 0.5) is 0 Å². The van der Waals surface area contributed by atoms with E-state index in [4.69, 9.17) is 8.83 Å². The molecule has 0 aliphatic heterocycles. The molecule has 150 valence electrons. The van der Waals surface area contributed by atoms with Crippen LogP contribution in [0, 0.1) is 13.8 Å². The Hall–Kier alpha value is -3.16. The van der Waals surface area contributed by atoms with Crippen LogP contribution in [0.25, 0.3) is 0 Å². The number of aryl methyl sites for hydroxylation is 2. The maximum absolute atomic E-state index is 11.7. The highest BCUT2D eigenvalue weighted by Gasteiger charge is 2.02. The van der Waals surface area contributed by atoms with Gasteiger partial charge >= 0.3 is 0 Å². The number of rotatable bonds is 11. The lowest BCUT2D eigenvalue weighted by Crippen LogP contribution is -2.17. The van der Waals surface area contributed by atoms with Crippen molar-refractivity contribution in [1.29, 1.82) is 0 Å². The summed E-state index contributed by atoms with van der Waals surface area (Å²) in [6, 6.07) is 7.22. The third-order valence-corrected chi connectivity index (χ3v) is 3.84. The van der Waals surface area contributed by atoms with Gasteiger partial charge in [0.15, 0.2) is 0 Å². The first-order chi connectivity index (χ1) is 13.5. The van der Waals surface area contributed by atoms with Crippen molar-refractivity contribution in [2.24, 2.45) is 10.2 Å². The zero-order valence-corrected chi connectivity index (χ0v) is 16.2. The molecule has 0 radical (unpaired) electrons. The fraction of sp³-hybridized carbons (Fsp3) is 0.400. The molecule has 8 nitrogen and oxygen atoms in total. The van der Waals surface area contributed by atoms with E-state index in [0.29, 0.717) is 24.4 Å². The molecule has 0 bridgehead atoms. The average molecular weight is 386 g/mol. The van der Waals surface area contributed by atoms with Crippen molar-refractivity contribution in [2.75, 3.05) is 0 Å². The van der Waals surface area contributed by atoms with Crippen LogP contribution in [0.3, 0.4) is 0 Å². The van der Waals surface area contributed by atoms with E-state index in [1.807, 2.05) is 26.0 Å². The van der Waals surface area contributed by atoms with Crippen molar-refractivity contribution in [3.63, 3.8) is 0 Å². The SMILES string of the molecule is Cc1ccc(/C=N/NC(=O)CCCCCCC(=O)N/N=C/c2ccc(C)o2)o1. The molecular weight excluding hydrogens is 360 g/mol. The molecule has 2 aromatic heterocycles. The molecule has 0 aliphatic rings. The zero-order chi connectivity index (χ0) is 20.2. The summed E-state index contributed by atoms with van der Waals surface area (Å²) < 4.78 is 10.6. The number of hydrazone groups is 2. The van der Waals surface area contributed by atoms with Crippen LogP contribution in [-0.2, 0) is 9.59 Å². The third-order valence-electron chi connectivity index (χ3n) is 3.84. The van der Waals surface area contributed by atoms with Crippen molar-refractivity contribution in [2.45, 2.75) is 52.4 Å². The number of amides is 2. The average Bonchev–Trinajstić information content (AvgIpc) is 3.26. The van der Waals surface area contributed by atoms with Gasteiger partial charge < -0.3 is 8.83 Å². The highest BCUT2D eigenvalue weighted by Crippen LogP contribution is 2.06. The van der Waals surface area contributed by atoms with Gasteiger partial charge in [-0.25, -0.2) is 10.9 Å². The smallest absolute Gasteiger partial charge is 0.240 e. The molecule has 0 aliphatic carbocycles. The first kappa shape index (κ1) is 21.1. The van der Waals surface area contributed by atoms with Gasteiger partial charge in [0.05, 0.1) is 12.4 Å². The number of nitrogens with one attached hydrogen (secondary N) is 2. The Morgan fingerprint density at radius 3 is 1.57 bits per heavy atom. The molecule has 0 unspecified atom stereocenters. The summed E-state index contributed by atoms with van der Waals surface area (Å²) in [5.41, 5.74) is 4.94. The van der Waals surface area contributed by atoms with Crippen LogP contribution in [-0.4, -0.2) is 24.2 Å². The molecule has 2 amide bonds. The van der Waals surface area contributed by atoms with Crippen LogP contribution in [0.5, 0.6) is 0 Å². The molecular formula is C20H26N4O4. The molecule has 0 fully saturated rings. The van der Waals surface area contributed by atoms with Crippen LogP contribution in [0.2, 0.25) is 0 Å². The molecule has 0 spiro atoms. The quantitative estimate of drug-likeness (QED) is 0.350. The molecule has 2 N–H and O–H groups in total. The summed E-state index contributed by atoms with van der Waals surface area (Å²) in [5.74, 6) is 2.50. The van der Waals surface area contributed by atoms with Gasteiger partial charge in [-0.05, 0) is 51.0 Å². The van der Waals surface area contributed by atoms with E-state index in [2.05, 4.69) is 21.1 Å². The Morgan fingerprint density at radius 1 is 0.786 bits per heavy atom. The van der Waals surface area contributed by atoms with E-state index in [1.165, 1.54) is 12.4 Å². The van der Waals surface area contributed by atoms with Gasteiger partial charge in [-0.2, -0.15) is 10.2 Å². The maximum Gasteiger partial charge on any atom is 0.240 e. The monoisotopic (exact) mass is 386 g/mol. The molecule has 0 saturated carbocycles. The van der Waals surface area contributed by atoms with Gasteiger partial charge in [0.1, 0.15) is 23.0 Å². The van der Waals surface area contributed by atoms with E-state index < -0.39 is 0 Å². The highest BCUT2D eigenvalue weighted by molar-refractivity contribution is 5.80. The molecule has 2 rings (SSSR count). The van der Waals surface area contributed by atoms with Crippen LogP contribution in [0.15, 0.2) is 43.3 Å². The van der Waals surface area contributed by atoms with E-state index in [9.17, 15) is 9.59 Å². The number of hydrogen-bond donors (Lipinski definition) is 2. The second-order valence-corrected chi connectivity index (χ2v) is 6.40. The first-order valence-electron chi connectivity index (χ1n) is 9.29. The highest BCUT2D eigenvalue weighted by atomic mass is 16.3. The van der Waals surface area contributed by atoms with E-state index in [-0.39, 0.29) is 11.8 Å². The fourth-order valence-corrected chi connectivity index (χ4v) is 2.42. The van der Waals surface area contributed by atoms with Crippen molar-refractivity contribution >= 4 is 24.2 Å². The number of nitrogens with zero attached hydrogens (tertiary/aromatic N) is 2. The second-order valence-electron chi connectivity index (χ2n) is 6.40. The van der Waals surface area contributed by atoms with Gasteiger partial charge in [0, 0.05) is 12.8 Å². The van der Waals surface area contributed by atoms with Gasteiger partial charge in [0.2, 0.25) is 11.8 Å². The topological polar surface area (TPSA) is 109 Å². The third kappa shape index (κ3) is 8.48. The summed E-state index contributed by atoms with van der Waals surface area (Å²) in [5, 5.41) is 7.71. The predicted molar refractivity (Wildman–Crippen MR) is 106 cm³/mol. The van der Waals surface area contributed by atoms with Crippen LogP contribution < -0.4 is 10.9 Å². The van der Waals surface area contributed by atoms with Gasteiger partial charge in [0.25, 0.3) is 0 Å². The minimum Gasteiger partial charge on any atom is -0.460 e. The van der Waals surface area contributed by atoms with Gasteiger partial charge in [-0.15, -0.1) is 0 Å². The lowest BCUT2D eigenvalue weighted by atomic mass is 10.1. The number of furan rings is 2. The number of unbranched alkanes of at least 4 members (excludes halogenated alkanes) is 3. The molecule has 2 aromatic rings. The summed E-state index contributed by atoms with van der Waals surface area (Å²) in [6.45, 7) is 3.68.